The maximum absolute atomic E-state index is 10.6. The number of carboxylic acid groups (broad SMARTS) is 1. The molecule has 0 aliphatic heterocycles. The smallest absolute Gasteiger partial charge is 0.336 e. The zero-order chi connectivity index (χ0) is 11.2. The molecule has 0 saturated carbocycles. The number of hydrogen-bond donors (Lipinski definition) is 3. The van der Waals surface area contributed by atoms with Gasteiger partial charge < -0.3 is 15.5 Å². The van der Waals surface area contributed by atoms with Crippen molar-refractivity contribution in [2.45, 2.75) is 31.9 Å². The summed E-state index contributed by atoms with van der Waals surface area (Å²) in [4.78, 5) is 10.6. The van der Waals surface area contributed by atoms with Crippen molar-refractivity contribution in [2.75, 3.05) is 18.6 Å². The molecule has 84 valence electrons. The summed E-state index contributed by atoms with van der Waals surface area (Å²) in [6, 6.07) is 0.230. The highest BCUT2D eigenvalue weighted by atomic mass is 32.2. The van der Waals surface area contributed by atoms with Gasteiger partial charge in [0.2, 0.25) is 0 Å². The van der Waals surface area contributed by atoms with Crippen LogP contribution in [0.4, 0.5) is 0 Å². The van der Waals surface area contributed by atoms with Gasteiger partial charge in [-0.05, 0) is 32.3 Å². The normalized spacial score (nSPS) is 17.4. The summed E-state index contributed by atoms with van der Waals surface area (Å²) < 4.78 is 0. The predicted molar refractivity (Wildman–Crippen MR) is 58.7 cm³/mol. The molecule has 0 aromatic carbocycles. The maximum Gasteiger partial charge on any atom is 0.336 e. The summed E-state index contributed by atoms with van der Waals surface area (Å²) >= 11 is 1.75. The van der Waals surface area contributed by atoms with Crippen LogP contribution in [0.25, 0.3) is 0 Å². The summed E-state index contributed by atoms with van der Waals surface area (Å²) in [5.74, 6) is -0.161. The first-order valence-electron chi connectivity index (χ1n) is 4.58. The van der Waals surface area contributed by atoms with Gasteiger partial charge in [-0.1, -0.05) is 0 Å². The fraction of sp³-hybridized carbons (Fsp3) is 0.889. The van der Waals surface area contributed by atoms with E-state index in [2.05, 4.69) is 5.32 Å². The predicted octanol–water partition coefficient (Wildman–Crippen LogP) is 0.553. The van der Waals surface area contributed by atoms with Crippen LogP contribution in [0.15, 0.2) is 0 Å². The molecule has 0 fully saturated rings. The molecule has 3 N–H and O–H groups in total. The molecule has 0 heterocycles. The van der Waals surface area contributed by atoms with E-state index in [0.29, 0.717) is 0 Å². The molecule has 0 bridgehead atoms. The molecule has 0 aromatic heterocycles. The molecule has 14 heavy (non-hydrogen) atoms. The Bertz CT molecular complexity index is 185. The van der Waals surface area contributed by atoms with Crippen LogP contribution in [0.2, 0.25) is 0 Å². The van der Waals surface area contributed by atoms with E-state index in [9.17, 15) is 9.90 Å². The van der Waals surface area contributed by atoms with Gasteiger partial charge >= 0.3 is 5.97 Å². The largest absolute Gasteiger partial charge is 0.479 e. The van der Waals surface area contributed by atoms with Crippen molar-refractivity contribution in [1.29, 1.82) is 0 Å². The number of rotatable bonds is 7. The highest BCUT2D eigenvalue weighted by molar-refractivity contribution is 7.98. The Balaban J connectivity index is 3.75. The topological polar surface area (TPSA) is 69.6 Å². The molecule has 4 nitrogen and oxygen atoms in total. The van der Waals surface area contributed by atoms with Crippen LogP contribution in [0.1, 0.15) is 20.3 Å². The maximum atomic E-state index is 10.6. The first-order chi connectivity index (χ1) is 6.40. The molecule has 5 heteroatoms. The van der Waals surface area contributed by atoms with Crippen molar-refractivity contribution in [3.05, 3.63) is 0 Å². The number of aliphatic hydroxyl groups is 1. The first kappa shape index (κ1) is 13.7. The van der Waals surface area contributed by atoms with E-state index in [-0.39, 0.29) is 12.6 Å². The highest BCUT2D eigenvalue weighted by Gasteiger charge is 2.29. The molecule has 0 saturated heterocycles. The number of aliphatic carboxylic acids is 1. The van der Waals surface area contributed by atoms with Gasteiger partial charge in [-0.15, -0.1) is 0 Å². The molecule has 0 amide bonds. The minimum atomic E-state index is -1.67. The van der Waals surface area contributed by atoms with Gasteiger partial charge in [-0.2, -0.15) is 11.8 Å². The van der Waals surface area contributed by atoms with E-state index < -0.39 is 11.6 Å². The van der Waals surface area contributed by atoms with Crippen molar-refractivity contribution in [2.24, 2.45) is 0 Å². The van der Waals surface area contributed by atoms with E-state index in [1.807, 2.05) is 13.2 Å². The van der Waals surface area contributed by atoms with Crippen molar-refractivity contribution in [3.8, 4) is 0 Å². The highest BCUT2D eigenvalue weighted by Crippen LogP contribution is 2.04. The number of carbonyl (C=O) groups is 1. The summed E-state index contributed by atoms with van der Waals surface area (Å²) in [5.41, 5.74) is -1.67. The van der Waals surface area contributed by atoms with Crippen LogP contribution in [0, 0.1) is 0 Å². The van der Waals surface area contributed by atoms with Crippen LogP contribution in [-0.4, -0.2) is 46.4 Å². The third kappa shape index (κ3) is 5.47. The zero-order valence-corrected chi connectivity index (χ0v) is 9.73. The van der Waals surface area contributed by atoms with Gasteiger partial charge in [0.1, 0.15) is 0 Å². The summed E-state index contributed by atoms with van der Waals surface area (Å²) in [6.45, 7) is 3.36. The number of thioether (sulfide) groups is 1. The Morgan fingerprint density at radius 1 is 1.64 bits per heavy atom. The molecule has 0 radical (unpaired) electrons. The lowest BCUT2D eigenvalue weighted by atomic mass is 10.1. The second-order valence-electron chi connectivity index (χ2n) is 3.64. The van der Waals surface area contributed by atoms with Gasteiger partial charge in [0.05, 0.1) is 0 Å². The minimum absolute atomic E-state index is 0.0812. The molecule has 0 aromatic rings. The average Bonchev–Trinajstić information content (AvgIpc) is 2.11. The molecule has 0 aliphatic rings. The molecule has 2 atom stereocenters. The van der Waals surface area contributed by atoms with E-state index >= 15 is 0 Å². The minimum Gasteiger partial charge on any atom is -0.479 e. The average molecular weight is 221 g/mol. The number of carboxylic acids is 1. The van der Waals surface area contributed by atoms with Gasteiger partial charge in [-0.25, -0.2) is 4.79 Å². The van der Waals surface area contributed by atoms with Crippen molar-refractivity contribution < 1.29 is 15.0 Å². The van der Waals surface area contributed by atoms with Crippen LogP contribution >= 0.6 is 11.8 Å². The van der Waals surface area contributed by atoms with Gasteiger partial charge in [0, 0.05) is 12.6 Å². The van der Waals surface area contributed by atoms with E-state index in [4.69, 9.17) is 5.11 Å². The Kier molecular flexibility index (Phi) is 6.15. The lowest BCUT2D eigenvalue weighted by Crippen LogP contribution is -2.47. The standard InChI is InChI=1S/C9H19NO3S/c1-7(4-5-14-3)10-6-9(2,13)8(11)12/h7,10,13H,4-6H2,1-3H3,(H,11,12). The molecule has 0 aliphatic carbocycles. The Morgan fingerprint density at radius 2 is 2.21 bits per heavy atom. The lowest BCUT2D eigenvalue weighted by molar-refractivity contribution is -0.156. The van der Waals surface area contributed by atoms with Gasteiger partial charge in [-0.3, -0.25) is 0 Å². The fourth-order valence-corrected chi connectivity index (χ4v) is 1.43. The number of nitrogens with one attached hydrogen (secondary N) is 1. The number of hydrogen-bond acceptors (Lipinski definition) is 4. The zero-order valence-electron chi connectivity index (χ0n) is 8.91. The van der Waals surface area contributed by atoms with E-state index in [1.54, 1.807) is 11.8 Å². The second-order valence-corrected chi connectivity index (χ2v) is 4.63. The summed E-state index contributed by atoms with van der Waals surface area (Å²) in [6.07, 6.45) is 3.00. The Hall–Kier alpha value is -0.260. The Morgan fingerprint density at radius 3 is 2.64 bits per heavy atom. The summed E-state index contributed by atoms with van der Waals surface area (Å²) in [5, 5.41) is 21.0. The lowest BCUT2D eigenvalue weighted by Gasteiger charge is -2.21. The molecule has 0 spiro atoms. The second kappa shape index (κ2) is 6.27. The van der Waals surface area contributed by atoms with Crippen LogP contribution in [-0.2, 0) is 4.79 Å². The van der Waals surface area contributed by atoms with Gasteiger partial charge in [0.15, 0.2) is 5.60 Å². The molecule has 0 rings (SSSR count). The van der Waals surface area contributed by atoms with Crippen molar-refractivity contribution in [1.82, 2.24) is 5.32 Å². The monoisotopic (exact) mass is 221 g/mol. The first-order valence-corrected chi connectivity index (χ1v) is 5.97. The molecular formula is C9H19NO3S. The van der Waals surface area contributed by atoms with E-state index in [1.165, 1.54) is 6.92 Å². The van der Waals surface area contributed by atoms with Crippen LogP contribution < -0.4 is 5.32 Å². The third-order valence-electron chi connectivity index (χ3n) is 2.01. The quantitative estimate of drug-likeness (QED) is 0.586. The van der Waals surface area contributed by atoms with Crippen LogP contribution in [0.3, 0.4) is 0 Å². The Labute approximate surface area is 89.1 Å². The van der Waals surface area contributed by atoms with Crippen molar-refractivity contribution in [3.63, 3.8) is 0 Å². The fourth-order valence-electron chi connectivity index (χ4n) is 0.845. The van der Waals surface area contributed by atoms with Crippen LogP contribution in [0.5, 0.6) is 0 Å². The third-order valence-corrected chi connectivity index (χ3v) is 2.65. The molecular weight excluding hydrogens is 202 g/mol. The van der Waals surface area contributed by atoms with E-state index in [0.717, 1.165) is 12.2 Å². The summed E-state index contributed by atoms with van der Waals surface area (Å²) in [7, 11) is 0. The van der Waals surface area contributed by atoms with Crippen molar-refractivity contribution >= 4 is 17.7 Å². The SMILES string of the molecule is CSCCC(C)NCC(C)(O)C(=O)O. The molecule has 2 unspecified atom stereocenters. The van der Waals surface area contributed by atoms with Gasteiger partial charge in [0.25, 0.3) is 0 Å².